The highest BCUT2D eigenvalue weighted by Gasteiger charge is 2.71. The normalized spacial score (nSPS) is 47.9. The van der Waals surface area contributed by atoms with Gasteiger partial charge in [-0.15, -0.1) is 0 Å². The first kappa shape index (κ1) is 13.8. The number of rotatable bonds is 2. The van der Waals surface area contributed by atoms with E-state index in [0.29, 0.717) is 16.7 Å². The Morgan fingerprint density at radius 1 is 1.33 bits per heavy atom. The third-order valence-corrected chi connectivity index (χ3v) is 6.95. The Hall–Kier alpha value is -0.830. The van der Waals surface area contributed by atoms with Gasteiger partial charge in [0.2, 0.25) is 0 Å². The van der Waals surface area contributed by atoms with E-state index in [0.717, 1.165) is 13.0 Å². The first-order valence-electron chi connectivity index (χ1n) is 8.43. The van der Waals surface area contributed by atoms with Gasteiger partial charge in [-0.25, -0.2) is 0 Å². The number of ether oxygens (including phenoxy) is 1. The van der Waals surface area contributed by atoms with Crippen molar-refractivity contribution in [2.45, 2.75) is 52.1 Å². The first-order valence-corrected chi connectivity index (χ1v) is 8.43. The van der Waals surface area contributed by atoms with Gasteiger partial charge in [0.25, 0.3) is 0 Å². The predicted octanol–water partition coefficient (Wildman–Crippen LogP) is 3.01. The fraction of sp³-hybridized carbons (Fsp3) is 0.833. The molecule has 1 heterocycles. The third kappa shape index (κ3) is 1.67. The molecule has 3 heteroatoms. The highest BCUT2D eigenvalue weighted by molar-refractivity contribution is 5.76. The zero-order valence-corrected chi connectivity index (χ0v) is 13.7. The van der Waals surface area contributed by atoms with Crippen molar-refractivity contribution in [1.82, 2.24) is 4.90 Å². The summed E-state index contributed by atoms with van der Waals surface area (Å²) in [6.07, 6.45) is 6.35. The Balaban J connectivity index is 1.72. The predicted molar refractivity (Wildman–Crippen MR) is 81.7 cm³/mol. The Labute approximate surface area is 127 Å². The summed E-state index contributed by atoms with van der Waals surface area (Å²) >= 11 is 0. The van der Waals surface area contributed by atoms with E-state index in [1.807, 2.05) is 0 Å². The molecule has 0 aromatic rings. The van der Waals surface area contributed by atoms with Crippen molar-refractivity contribution in [1.29, 1.82) is 0 Å². The van der Waals surface area contributed by atoms with Gasteiger partial charge in [-0.05, 0) is 64.1 Å². The van der Waals surface area contributed by atoms with Crippen LogP contribution in [0.5, 0.6) is 0 Å². The molecule has 5 atom stereocenters. The number of esters is 1. The van der Waals surface area contributed by atoms with Gasteiger partial charge in [-0.3, -0.25) is 4.79 Å². The molecule has 1 spiro atoms. The van der Waals surface area contributed by atoms with Gasteiger partial charge in [0.05, 0.1) is 5.92 Å². The Morgan fingerprint density at radius 2 is 2.10 bits per heavy atom. The number of hydrogen-bond donors (Lipinski definition) is 0. The van der Waals surface area contributed by atoms with Gasteiger partial charge in [-0.2, -0.15) is 0 Å². The quantitative estimate of drug-likeness (QED) is 0.578. The van der Waals surface area contributed by atoms with Crippen LogP contribution in [0.4, 0.5) is 0 Å². The maximum absolute atomic E-state index is 12.4. The molecule has 3 fully saturated rings. The minimum Gasteiger partial charge on any atom is -0.457 e. The van der Waals surface area contributed by atoms with Gasteiger partial charge in [0, 0.05) is 17.9 Å². The second kappa shape index (κ2) is 4.13. The van der Waals surface area contributed by atoms with Crippen LogP contribution in [-0.2, 0) is 9.53 Å². The standard InChI is InChI=1S/C18H27NO2/c1-11-5-8-18-10-17(18,2)7-6-12-13(9-19(3)4)16(20)21-15(12)14(11)18/h12-13,15H,5-10H2,1-4H3/t12-,13-,15-,17-,18-/m0/s1. The lowest BCUT2D eigenvalue weighted by Crippen LogP contribution is -2.31. The van der Waals surface area contributed by atoms with Crippen LogP contribution in [0.15, 0.2) is 11.1 Å². The van der Waals surface area contributed by atoms with Gasteiger partial charge in [0.1, 0.15) is 6.10 Å². The summed E-state index contributed by atoms with van der Waals surface area (Å²) in [7, 11) is 4.11. The summed E-state index contributed by atoms with van der Waals surface area (Å²) in [6.45, 7) is 5.57. The van der Waals surface area contributed by atoms with Gasteiger partial charge >= 0.3 is 5.97 Å². The van der Waals surface area contributed by atoms with Crippen molar-refractivity contribution in [2.24, 2.45) is 22.7 Å². The maximum atomic E-state index is 12.4. The molecule has 0 unspecified atom stereocenters. The number of carbonyl (C=O) groups is 1. The molecule has 0 aromatic carbocycles. The average molecular weight is 289 g/mol. The van der Waals surface area contributed by atoms with Crippen LogP contribution >= 0.6 is 0 Å². The van der Waals surface area contributed by atoms with Crippen molar-refractivity contribution in [3.8, 4) is 0 Å². The molecule has 3 aliphatic carbocycles. The molecule has 0 amide bonds. The number of carbonyl (C=O) groups excluding carboxylic acids is 1. The van der Waals surface area contributed by atoms with E-state index < -0.39 is 0 Å². The molecule has 0 aromatic heterocycles. The third-order valence-electron chi connectivity index (χ3n) is 6.95. The zero-order chi connectivity index (χ0) is 15.0. The van der Waals surface area contributed by atoms with Crippen molar-refractivity contribution >= 4 is 5.97 Å². The summed E-state index contributed by atoms with van der Waals surface area (Å²) in [5.74, 6) is 0.527. The molecule has 116 valence electrons. The molecule has 3 nitrogen and oxygen atoms in total. The average Bonchev–Trinajstić information content (AvgIpc) is 2.71. The smallest absolute Gasteiger partial charge is 0.311 e. The van der Waals surface area contributed by atoms with E-state index in [1.54, 1.807) is 5.57 Å². The van der Waals surface area contributed by atoms with E-state index >= 15 is 0 Å². The van der Waals surface area contributed by atoms with E-state index in [1.165, 1.54) is 31.3 Å². The molecule has 0 bridgehead atoms. The fourth-order valence-corrected chi connectivity index (χ4v) is 5.75. The Bertz CT molecular complexity index is 537. The van der Waals surface area contributed by atoms with Gasteiger partial charge in [-0.1, -0.05) is 12.5 Å². The SMILES string of the molecule is CC1=C2[C@H]3OC(=O)[C@@H](CN(C)C)[C@@H]3CC[C@@]3(C)C[C@@]23CC1. The lowest BCUT2D eigenvalue weighted by atomic mass is 9.81. The highest BCUT2D eigenvalue weighted by Crippen LogP contribution is 2.78. The number of allylic oxidation sites excluding steroid dienone is 1. The summed E-state index contributed by atoms with van der Waals surface area (Å²) in [5, 5.41) is 0. The van der Waals surface area contributed by atoms with Crippen molar-refractivity contribution in [2.75, 3.05) is 20.6 Å². The number of hydrogen-bond acceptors (Lipinski definition) is 3. The number of fused-ring (bicyclic) bond motifs is 2. The Kier molecular flexibility index (Phi) is 2.71. The molecule has 1 saturated heterocycles. The largest absolute Gasteiger partial charge is 0.457 e. The second-order valence-corrected chi connectivity index (χ2v) is 8.44. The van der Waals surface area contributed by atoms with Crippen LogP contribution in [-0.4, -0.2) is 37.6 Å². The topological polar surface area (TPSA) is 29.5 Å². The lowest BCUT2D eigenvalue weighted by molar-refractivity contribution is -0.143. The molecule has 0 N–H and O–H groups in total. The van der Waals surface area contributed by atoms with Gasteiger partial charge in [0.15, 0.2) is 0 Å². The first-order chi connectivity index (χ1) is 9.88. The minimum atomic E-state index is 0.0466. The summed E-state index contributed by atoms with van der Waals surface area (Å²) < 4.78 is 5.96. The summed E-state index contributed by atoms with van der Waals surface area (Å²) in [6, 6.07) is 0. The van der Waals surface area contributed by atoms with E-state index in [2.05, 4.69) is 32.8 Å². The fourth-order valence-electron chi connectivity index (χ4n) is 5.75. The molecular formula is C18H27NO2. The van der Waals surface area contributed by atoms with Crippen LogP contribution < -0.4 is 0 Å². The van der Waals surface area contributed by atoms with E-state index in [9.17, 15) is 4.79 Å². The molecule has 4 aliphatic rings. The Morgan fingerprint density at radius 3 is 2.81 bits per heavy atom. The van der Waals surface area contributed by atoms with Crippen LogP contribution in [0.1, 0.15) is 46.0 Å². The maximum Gasteiger partial charge on any atom is 0.311 e. The molecule has 0 radical (unpaired) electrons. The van der Waals surface area contributed by atoms with Crippen molar-refractivity contribution < 1.29 is 9.53 Å². The highest BCUT2D eigenvalue weighted by atomic mass is 16.6. The molecule has 1 aliphatic heterocycles. The van der Waals surface area contributed by atoms with Crippen LogP contribution in [0.3, 0.4) is 0 Å². The summed E-state index contributed by atoms with van der Waals surface area (Å²) in [4.78, 5) is 14.5. The van der Waals surface area contributed by atoms with E-state index in [4.69, 9.17) is 4.74 Å². The summed E-state index contributed by atoms with van der Waals surface area (Å²) in [5.41, 5.74) is 3.94. The van der Waals surface area contributed by atoms with E-state index in [-0.39, 0.29) is 18.0 Å². The van der Waals surface area contributed by atoms with Crippen LogP contribution in [0.2, 0.25) is 0 Å². The lowest BCUT2D eigenvalue weighted by Gasteiger charge is -2.25. The molecule has 21 heavy (non-hydrogen) atoms. The van der Waals surface area contributed by atoms with Gasteiger partial charge < -0.3 is 9.64 Å². The monoisotopic (exact) mass is 289 g/mol. The van der Waals surface area contributed by atoms with Crippen LogP contribution in [0, 0.1) is 22.7 Å². The van der Waals surface area contributed by atoms with Crippen LogP contribution in [0.25, 0.3) is 0 Å². The molecule has 2 saturated carbocycles. The zero-order valence-electron chi connectivity index (χ0n) is 13.7. The minimum absolute atomic E-state index is 0.0466. The van der Waals surface area contributed by atoms with Crippen molar-refractivity contribution in [3.05, 3.63) is 11.1 Å². The molecular weight excluding hydrogens is 262 g/mol. The second-order valence-electron chi connectivity index (χ2n) is 8.44. The molecule has 4 rings (SSSR count). The van der Waals surface area contributed by atoms with Crippen molar-refractivity contribution in [3.63, 3.8) is 0 Å². The number of nitrogens with zero attached hydrogens (tertiary/aromatic N) is 1.